The van der Waals surface area contributed by atoms with Gasteiger partial charge in [-0.3, -0.25) is 0 Å². The summed E-state index contributed by atoms with van der Waals surface area (Å²) in [6.07, 6.45) is 0. The molecule has 7 aromatic rings. The van der Waals surface area contributed by atoms with E-state index in [1.807, 2.05) is 0 Å². The average Bonchev–Trinajstić information content (AvgIpc) is 3.80. The van der Waals surface area contributed by atoms with E-state index in [9.17, 15) is 26.3 Å². The van der Waals surface area contributed by atoms with Crippen LogP contribution in [0.15, 0.2) is 50.0 Å². The maximum absolute atomic E-state index is 14.5. The van der Waals surface area contributed by atoms with Gasteiger partial charge in [0.2, 0.25) is 53.2 Å². The van der Waals surface area contributed by atoms with Crippen molar-refractivity contribution >= 4 is 0 Å². The Labute approximate surface area is 263 Å². The second kappa shape index (κ2) is 11.5. The highest BCUT2D eigenvalue weighted by Gasteiger charge is 2.30. The first-order valence-corrected chi connectivity index (χ1v) is 13.6. The summed E-state index contributed by atoms with van der Waals surface area (Å²) < 4.78 is 100. The molecule has 6 heterocycles. The molecule has 12 nitrogen and oxygen atoms in total. The first-order valence-electron chi connectivity index (χ1n) is 13.6. The van der Waals surface area contributed by atoms with Crippen LogP contribution in [0.2, 0.25) is 0 Å². The van der Waals surface area contributed by atoms with Gasteiger partial charge in [0.05, 0.1) is 16.7 Å². The quantitative estimate of drug-likeness (QED) is 0.136. The molecule has 0 saturated carbocycles. The Hall–Kier alpha value is -6.33. The number of benzene rings is 1. The zero-order valence-corrected chi connectivity index (χ0v) is 24.5. The molecule has 0 fully saturated rings. The van der Waals surface area contributed by atoms with Gasteiger partial charge in [0, 0.05) is 16.7 Å². The topological polar surface area (TPSA) is 155 Å². The molecular formula is C30H15F6N9O3. The third-order valence-electron chi connectivity index (χ3n) is 7.34. The normalized spacial score (nSPS) is 11.4. The summed E-state index contributed by atoms with van der Waals surface area (Å²) in [5.74, 6) is -7.88. The van der Waals surface area contributed by atoms with Gasteiger partial charge in [-0.25, -0.2) is 0 Å². The summed E-state index contributed by atoms with van der Waals surface area (Å²) in [5.41, 5.74) is 1.27. The number of pyridine rings is 3. The van der Waals surface area contributed by atoms with Gasteiger partial charge in [0.1, 0.15) is 0 Å². The van der Waals surface area contributed by atoms with Gasteiger partial charge in [-0.05, 0) is 73.9 Å². The van der Waals surface area contributed by atoms with Crippen LogP contribution in [0.25, 0.3) is 68.5 Å². The maximum atomic E-state index is 14.5. The molecule has 0 spiro atoms. The van der Waals surface area contributed by atoms with Crippen LogP contribution in [0.3, 0.4) is 0 Å². The van der Waals surface area contributed by atoms with E-state index in [-0.39, 0.29) is 68.5 Å². The number of halogens is 6. The third-order valence-corrected chi connectivity index (χ3v) is 7.34. The van der Waals surface area contributed by atoms with Crippen LogP contribution >= 0.6 is 0 Å². The molecule has 48 heavy (non-hydrogen) atoms. The van der Waals surface area contributed by atoms with Crippen LogP contribution in [0.4, 0.5) is 26.3 Å². The summed E-state index contributed by atoms with van der Waals surface area (Å²) in [7, 11) is 0. The van der Waals surface area contributed by atoms with Gasteiger partial charge in [-0.1, -0.05) is 15.5 Å². The van der Waals surface area contributed by atoms with Gasteiger partial charge in [-0.2, -0.15) is 56.2 Å². The van der Waals surface area contributed by atoms with Crippen LogP contribution in [-0.4, -0.2) is 45.4 Å². The number of nitrogens with zero attached hydrogens (tertiary/aromatic N) is 9. The summed E-state index contributed by atoms with van der Waals surface area (Å²) in [4.78, 5) is 22.4. The fourth-order valence-electron chi connectivity index (χ4n) is 5.23. The summed E-state index contributed by atoms with van der Waals surface area (Å²) in [5, 5.41) is 11.7. The van der Waals surface area contributed by atoms with Crippen molar-refractivity contribution < 1.29 is 39.9 Å². The smallest absolute Gasteiger partial charge is 0.262 e. The van der Waals surface area contributed by atoms with Crippen LogP contribution < -0.4 is 0 Å². The van der Waals surface area contributed by atoms with E-state index in [2.05, 4.69) is 45.4 Å². The summed E-state index contributed by atoms with van der Waals surface area (Å²) in [6, 6.07) is 6.02. The van der Waals surface area contributed by atoms with E-state index in [0.29, 0.717) is 16.7 Å². The SMILES string of the molecule is Cc1c(-c2noc(-c3ccc(F)nc3F)n2)c(C)c(-c2nc(-c3ccc(F)nc3F)no2)c(C)c1-c1nc(-c2ccc(F)nc2F)no1. The van der Waals surface area contributed by atoms with E-state index < -0.39 is 35.7 Å². The lowest BCUT2D eigenvalue weighted by Crippen LogP contribution is -2.02. The Morgan fingerprint density at radius 1 is 0.396 bits per heavy atom. The molecule has 1 aromatic carbocycles. The molecule has 0 aliphatic rings. The number of rotatable bonds is 6. The Balaban J connectivity index is 1.43. The van der Waals surface area contributed by atoms with E-state index >= 15 is 0 Å². The van der Waals surface area contributed by atoms with E-state index in [1.165, 1.54) is 0 Å². The van der Waals surface area contributed by atoms with Crippen molar-refractivity contribution in [2.45, 2.75) is 20.8 Å². The average molecular weight is 663 g/mol. The number of hydrogen-bond donors (Lipinski definition) is 0. The third kappa shape index (κ3) is 5.12. The van der Waals surface area contributed by atoms with Crippen molar-refractivity contribution in [2.75, 3.05) is 0 Å². The summed E-state index contributed by atoms with van der Waals surface area (Å²) in [6.45, 7) is 4.93. The Bertz CT molecular complexity index is 2110. The Morgan fingerprint density at radius 2 is 0.750 bits per heavy atom. The van der Waals surface area contributed by atoms with Gasteiger partial charge in [0.15, 0.2) is 0 Å². The molecule has 0 aliphatic heterocycles. The van der Waals surface area contributed by atoms with Gasteiger partial charge in [-0.15, -0.1) is 0 Å². The lowest BCUT2D eigenvalue weighted by atomic mass is 9.87. The zero-order chi connectivity index (χ0) is 33.9. The number of hydrogen-bond acceptors (Lipinski definition) is 12. The highest BCUT2D eigenvalue weighted by atomic mass is 19.2. The zero-order valence-electron chi connectivity index (χ0n) is 24.5. The van der Waals surface area contributed by atoms with Crippen molar-refractivity contribution in [1.29, 1.82) is 0 Å². The first-order chi connectivity index (χ1) is 23.0. The predicted octanol–water partition coefficient (Wildman–Crippen LogP) is 6.78. The van der Waals surface area contributed by atoms with Crippen molar-refractivity contribution in [3.63, 3.8) is 0 Å². The molecule has 240 valence electrons. The highest BCUT2D eigenvalue weighted by Crippen LogP contribution is 2.43. The van der Waals surface area contributed by atoms with Crippen LogP contribution in [0.1, 0.15) is 16.7 Å². The largest absolute Gasteiger partial charge is 0.334 e. The van der Waals surface area contributed by atoms with Crippen molar-refractivity contribution in [3.8, 4) is 68.5 Å². The van der Waals surface area contributed by atoms with E-state index in [1.54, 1.807) is 20.8 Å². The minimum absolute atomic E-state index is 0.0757. The summed E-state index contributed by atoms with van der Waals surface area (Å²) >= 11 is 0. The van der Waals surface area contributed by atoms with Crippen LogP contribution in [-0.2, 0) is 0 Å². The number of aromatic nitrogens is 9. The fourth-order valence-corrected chi connectivity index (χ4v) is 5.23. The lowest BCUT2D eigenvalue weighted by Gasteiger charge is -2.17. The molecule has 7 rings (SSSR count). The van der Waals surface area contributed by atoms with Crippen molar-refractivity contribution in [3.05, 3.63) is 88.8 Å². The highest BCUT2D eigenvalue weighted by molar-refractivity contribution is 5.87. The van der Waals surface area contributed by atoms with Gasteiger partial charge in [0.25, 0.3) is 17.7 Å². The second-order valence-corrected chi connectivity index (χ2v) is 10.2. The van der Waals surface area contributed by atoms with Crippen molar-refractivity contribution in [2.24, 2.45) is 0 Å². The van der Waals surface area contributed by atoms with Gasteiger partial charge < -0.3 is 13.6 Å². The molecule has 0 saturated heterocycles. The Morgan fingerprint density at radius 3 is 1.19 bits per heavy atom. The maximum Gasteiger partial charge on any atom is 0.262 e. The minimum atomic E-state index is -1.19. The van der Waals surface area contributed by atoms with Crippen LogP contribution in [0.5, 0.6) is 0 Å². The van der Waals surface area contributed by atoms with Gasteiger partial charge >= 0.3 is 0 Å². The monoisotopic (exact) mass is 663 g/mol. The Kier molecular flexibility index (Phi) is 7.25. The van der Waals surface area contributed by atoms with Crippen molar-refractivity contribution in [1.82, 2.24) is 45.4 Å². The molecule has 6 aromatic heterocycles. The molecule has 0 amide bonds. The minimum Gasteiger partial charge on any atom is -0.334 e. The van der Waals surface area contributed by atoms with E-state index in [4.69, 9.17) is 13.6 Å². The molecule has 0 radical (unpaired) electrons. The molecule has 0 N–H and O–H groups in total. The molecule has 0 unspecified atom stereocenters. The van der Waals surface area contributed by atoms with E-state index in [0.717, 1.165) is 36.4 Å². The fraction of sp³-hybridized carbons (Fsp3) is 0.100. The molecule has 0 atom stereocenters. The second-order valence-electron chi connectivity index (χ2n) is 10.2. The first kappa shape index (κ1) is 30.3. The molecule has 18 heteroatoms. The lowest BCUT2D eigenvalue weighted by molar-refractivity contribution is 0.426. The standard InChI is InChI=1S/C30H15F6N9O3/c1-10-19(27-42-28(46-45-27)15-6-9-18(33)39-24(15)36)11(2)21(30-41-26(44-48-30)14-5-8-17(32)38-23(14)35)12(3)20(10)29-40-25(43-47-29)13-4-7-16(31)37-22(13)34/h4-9H,1-3H3. The predicted molar refractivity (Wildman–Crippen MR) is 150 cm³/mol. The molecule has 0 bridgehead atoms. The van der Waals surface area contributed by atoms with Crippen LogP contribution in [0, 0.1) is 56.5 Å². The molecular weight excluding hydrogens is 648 g/mol. The molecule has 0 aliphatic carbocycles.